The van der Waals surface area contributed by atoms with Crippen molar-refractivity contribution >= 4 is 24.5 Å². The largest absolute Gasteiger partial charge is 0.460 e. The molecule has 0 aliphatic rings. The van der Waals surface area contributed by atoms with Gasteiger partial charge in [-0.25, -0.2) is 4.79 Å². The van der Waals surface area contributed by atoms with Crippen LogP contribution in [0.2, 0.25) is 0 Å². The molecule has 1 N–H and O–H groups in total. The van der Waals surface area contributed by atoms with Gasteiger partial charge >= 0.3 is 5.97 Å². The van der Waals surface area contributed by atoms with Crippen LogP contribution in [0, 0.1) is 0 Å². The lowest BCUT2D eigenvalue weighted by Gasteiger charge is -2.07. The molecule has 1 amide bonds. The molecule has 0 heterocycles. The van der Waals surface area contributed by atoms with Crippen molar-refractivity contribution in [3.05, 3.63) is 12.2 Å². The smallest absolute Gasteiger partial charge is 0.333 e. The Morgan fingerprint density at radius 2 is 2.14 bits per heavy atom. The van der Waals surface area contributed by atoms with Crippen molar-refractivity contribution in [2.45, 2.75) is 19.1 Å². The maximum Gasteiger partial charge on any atom is 0.333 e. The molecule has 4 nitrogen and oxygen atoms in total. The molecule has 0 aromatic heterocycles. The van der Waals surface area contributed by atoms with Gasteiger partial charge in [0, 0.05) is 5.57 Å². The summed E-state index contributed by atoms with van der Waals surface area (Å²) in [5, 5.41) is 2.20. The quantitative estimate of drug-likeness (QED) is 0.306. The molecule has 0 spiro atoms. The van der Waals surface area contributed by atoms with Crippen LogP contribution >= 0.6 is 12.6 Å². The predicted octanol–water partition coefficient (Wildman–Crippen LogP) is 0.540. The molecule has 0 radical (unpaired) electrons. The van der Waals surface area contributed by atoms with Gasteiger partial charge in [-0.05, 0) is 13.8 Å². The number of rotatable bonds is 5. The van der Waals surface area contributed by atoms with Crippen LogP contribution in [0.4, 0.5) is 0 Å². The van der Waals surface area contributed by atoms with Crippen molar-refractivity contribution in [3.63, 3.8) is 0 Å². The Morgan fingerprint density at radius 1 is 1.57 bits per heavy atom. The minimum Gasteiger partial charge on any atom is -0.460 e. The van der Waals surface area contributed by atoms with Gasteiger partial charge in [0.15, 0.2) is 0 Å². The number of amides is 1. The van der Waals surface area contributed by atoms with E-state index in [9.17, 15) is 9.59 Å². The van der Waals surface area contributed by atoms with E-state index in [2.05, 4.69) is 24.5 Å². The molecule has 0 aromatic carbocycles. The number of thiol groups is 1. The van der Waals surface area contributed by atoms with E-state index < -0.39 is 5.97 Å². The van der Waals surface area contributed by atoms with Gasteiger partial charge in [-0.2, -0.15) is 12.6 Å². The summed E-state index contributed by atoms with van der Waals surface area (Å²) in [4.78, 5) is 21.8. The van der Waals surface area contributed by atoms with Crippen LogP contribution in [0.25, 0.3) is 0 Å². The third kappa shape index (κ3) is 5.64. The fourth-order valence-corrected chi connectivity index (χ4v) is 0.680. The summed E-state index contributed by atoms with van der Waals surface area (Å²) in [5.74, 6) is -0.627. The fraction of sp³-hybridized carbons (Fsp3) is 0.556. The minimum atomic E-state index is -0.446. The lowest BCUT2D eigenvalue weighted by molar-refractivity contribution is -0.139. The average molecular weight is 217 g/mol. The summed E-state index contributed by atoms with van der Waals surface area (Å²) in [7, 11) is 0. The highest BCUT2D eigenvalue weighted by Crippen LogP contribution is 1.92. The van der Waals surface area contributed by atoms with Crippen molar-refractivity contribution < 1.29 is 14.3 Å². The summed E-state index contributed by atoms with van der Waals surface area (Å²) < 4.78 is 4.76. The van der Waals surface area contributed by atoms with E-state index in [0.717, 1.165) is 0 Å². The first-order valence-corrected chi connectivity index (χ1v) is 4.75. The SMILES string of the molecule is C=C(C)C(=O)OCCNC(=O)C(C)S. The highest BCUT2D eigenvalue weighted by atomic mass is 32.1. The number of nitrogens with one attached hydrogen (secondary N) is 1. The van der Waals surface area contributed by atoms with E-state index in [0.29, 0.717) is 12.1 Å². The number of hydrogen-bond acceptors (Lipinski definition) is 4. The number of carbonyl (C=O) groups excluding carboxylic acids is 2. The molecular formula is C9H15NO3S. The Kier molecular flexibility index (Phi) is 6.03. The molecule has 0 bridgehead atoms. The maximum atomic E-state index is 11.0. The van der Waals surface area contributed by atoms with Crippen molar-refractivity contribution in [1.29, 1.82) is 0 Å². The number of carbonyl (C=O) groups is 2. The van der Waals surface area contributed by atoms with Crippen LogP contribution in [0.1, 0.15) is 13.8 Å². The molecular weight excluding hydrogens is 202 g/mol. The summed E-state index contributed by atoms with van der Waals surface area (Å²) in [6.45, 7) is 7.10. The van der Waals surface area contributed by atoms with Gasteiger partial charge in [-0.3, -0.25) is 4.79 Å². The second-order valence-electron chi connectivity index (χ2n) is 2.88. The summed E-state index contributed by atoms with van der Waals surface area (Å²) >= 11 is 3.93. The standard InChI is InChI=1S/C9H15NO3S/c1-6(2)9(12)13-5-4-10-8(11)7(3)14/h7,14H,1,4-5H2,2-3H3,(H,10,11). The summed E-state index contributed by atoms with van der Waals surface area (Å²) in [6.07, 6.45) is 0. The van der Waals surface area contributed by atoms with E-state index in [4.69, 9.17) is 4.74 Å². The van der Waals surface area contributed by atoms with Crippen LogP contribution < -0.4 is 5.32 Å². The monoisotopic (exact) mass is 217 g/mol. The number of hydrogen-bond donors (Lipinski definition) is 2. The molecule has 0 aliphatic heterocycles. The molecule has 5 heteroatoms. The van der Waals surface area contributed by atoms with Crippen molar-refractivity contribution in [2.75, 3.05) is 13.2 Å². The maximum absolute atomic E-state index is 11.0. The summed E-state index contributed by atoms with van der Waals surface area (Å²) in [5.41, 5.74) is 0.346. The molecule has 0 saturated heterocycles. The molecule has 0 aliphatic carbocycles. The van der Waals surface area contributed by atoms with Gasteiger partial charge in [0.05, 0.1) is 11.8 Å². The van der Waals surface area contributed by atoms with Crippen molar-refractivity contribution in [3.8, 4) is 0 Å². The Morgan fingerprint density at radius 3 is 2.57 bits per heavy atom. The zero-order valence-corrected chi connectivity index (χ0v) is 9.27. The Hall–Kier alpha value is -0.970. The summed E-state index contributed by atoms with van der Waals surface area (Å²) in [6, 6.07) is 0. The average Bonchev–Trinajstić information content (AvgIpc) is 2.11. The van der Waals surface area contributed by atoms with E-state index in [1.165, 1.54) is 0 Å². The van der Waals surface area contributed by atoms with Crippen molar-refractivity contribution in [2.24, 2.45) is 0 Å². The fourth-order valence-electron chi connectivity index (χ4n) is 0.589. The van der Waals surface area contributed by atoms with Gasteiger partial charge in [0.25, 0.3) is 0 Å². The van der Waals surface area contributed by atoms with Crippen LogP contribution in [0.3, 0.4) is 0 Å². The molecule has 0 fully saturated rings. The molecule has 0 saturated carbocycles. The van der Waals surface area contributed by atoms with Crippen molar-refractivity contribution in [1.82, 2.24) is 5.32 Å². The topological polar surface area (TPSA) is 55.4 Å². The highest BCUT2D eigenvalue weighted by molar-refractivity contribution is 7.81. The Labute approximate surface area is 89.1 Å². The van der Waals surface area contributed by atoms with Gasteiger partial charge in [0.2, 0.25) is 5.91 Å². The third-order valence-corrected chi connectivity index (χ3v) is 1.60. The highest BCUT2D eigenvalue weighted by Gasteiger charge is 2.07. The zero-order valence-electron chi connectivity index (χ0n) is 8.37. The third-order valence-electron chi connectivity index (χ3n) is 1.36. The first kappa shape index (κ1) is 13.0. The van der Waals surface area contributed by atoms with Gasteiger partial charge in [0.1, 0.15) is 6.61 Å². The first-order chi connectivity index (χ1) is 6.45. The Balaban J connectivity index is 3.52. The predicted molar refractivity (Wildman–Crippen MR) is 57.2 cm³/mol. The van der Waals surface area contributed by atoms with Gasteiger partial charge < -0.3 is 10.1 Å². The van der Waals surface area contributed by atoms with E-state index in [1.54, 1.807) is 13.8 Å². The van der Waals surface area contributed by atoms with Crippen LogP contribution in [0.15, 0.2) is 12.2 Å². The lowest BCUT2D eigenvalue weighted by atomic mass is 10.4. The van der Waals surface area contributed by atoms with Crippen LogP contribution in [-0.2, 0) is 14.3 Å². The zero-order chi connectivity index (χ0) is 11.1. The molecule has 14 heavy (non-hydrogen) atoms. The normalized spacial score (nSPS) is 11.6. The second kappa shape index (κ2) is 6.48. The number of esters is 1. The van der Waals surface area contributed by atoms with Gasteiger partial charge in [-0.15, -0.1) is 0 Å². The van der Waals surface area contributed by atoms with Gasteiger partial charge in [-0.1, -0.05) is 6.58 Å². The molecule has 0 rings (SSSR count). The van der Waals surface area contributed by atoms with E-state index >= 15 is 0 Å². The first-order valence-electron chi connectivity index (χ1n) is 4.23. The molecule has 0 aromatic rings. The lowest BCUT2D eigenvalue weighted by Crippen LogP contribution is -2.32. The van der Waals surface area contributed by atoms with E-state index in [-0.39, 0.29) is 17.8 Å². The molecule has 80 valence electrons. The van der Waals surface area contributed by atoms with Crippen LogP contribution in [-0.4, -0.2) is 30.3 Å². The van der Waals surface area contributed by atoms with E-state index in [1.807, 2.05) is 0 Å². The molecule has 1 unspecified atom stereocenters. The minimum absolute atomic E-state index is 0.151. The second-order valence-corrected chi connectivity index (χ2v) is 3.66. The number of ether oxygens (including phenoxy) is 1. The molecule has 1 atom stereocenters. The van der Waals surface area contributed by atoms with Crippen LogP contribution in [0.5, 0.6) is 0 Å². The Bertz CT molecular complexity index is 238.